The average Bonchev–Trinajstić information content (AvgIpc) is 2.60. The first kappa shape index (κ1) is 12.5. The van der Waals surface area contributed by atoms with E-state index in [2.05, 4.69) is 46.0 Å². The van der Waals surface area contributed by atoms with Crippen molar-refractivity contribution in [1.82, 2.24) is 0 Å². The van der Waals surface area contributed by atoms with E-state index in [-0.39, 0.29) is 0 Å². The molecule has 0 radical (unpaired) electrons. The molecule has 1 aromatic rings. The number of benzene rings is 1. The lowest BCUT2D eigenvalue weighted by atomic mass is 9.90. The number of aryl methyl sites for hydroxylation is 1. The van der Waals surface area contributed by atoms with E-state index in [1.165, 1.54) is 41.4 Å². The largest absolute Gasteiger partial charge is 0.365 e. The maximum Gasteiger partial charge on any atom is 0.0515 e. The van der Waals surface area contributed by atoms with E-state index >= 15 is 0 Å². The van der Waals surface area contributed by atoms with Crippen LogP contribution in [0.3, 0.4) is 0 Å². The Hall–Kier alpha value is -0.540. The van der Waals surface area contributed by atoms with Crippen molar-refractivity contribution in [2.45, 2.75) is 44.7 Å². The smallest absolute Gasteiger partial charge is 0.0515 e. The summed E-state index contributed by atoms with van der Waals surface area (Å²) in [5, 5.41) is 0. The van der Waals surface area contributed by atoms with Crippen LogP contribution in [-0.4, -0.2) is 18.6 Å². The van der Waals surface area contributed by atoms with E-state index in [4.69, 9.17) is 5.73 Å². The lowest BCUT2D eigenvalue weighted by Crippen LogP contribution is -2.44. The Bertz CT molecular complexity index is 432. The highest BCUT2D eigenvalue weighted by atomic mass is 79.9. The van der Waals surface area contributed by atoms with Crippen molar-refractivity contribution >= 4 is 21.6 Å². The number of hydrogen-bond acceptors (Lipinski definition) is 2. The van der Waals surface area contributed by atoms with Gasteiger partial charge in [0.05, 0.1) is 5.69 Å². The Morgan fingerprint density at radius 1 is 1.28 bits per heavy atom. The molecule has 0 amide bonds. The molecular formula is C15H21BrN2. The zero-order valence-corrected chi connectivity index (χ0v) is 12.5. The van der Waals surface area contributed by atoms with Crippen LogP contribution in [0.1, 0.15) is 31.2 Å². The SMILES string of the molecule is Cc1ccc(N2C3CCC2CC(CN)C3)c(Br)c1. The highest BCUT2D eigenvalue weighted by molar-refractivity contribution is 9.10. The number of hydrogen-bond donors (Lipinski definition) is 1. The summed E-state index contributed by atoms with van der Waals surface area (Å²) in [4.78, 5) is 2.65. The van der Waals surface area contributed by atoms with Gasteiger partial charge in [-0.05, 0) is 78.7 Å². The van der Waals surface area contributed by atoms with Crippen LogP contribution in [0.2, 0.25) is 0 Å². The van der Waals surface area contributed by atoms with Crippen LogP contribution in [0.15, 0.2) is 22.7 Å². The molecule has 2 unspecified atom stereocenters. The van der Waals surface area contributed by atoms with Gasteiger partial charge in [0.15, 0.2) is 0 Å². The summed E-state index contributed by atoms with van der Waals surface area (Å²) < 4.78 is 1.24. The van der Waals surface area contributed by atoms with Crippen LogP contribution in [0.5, 0.6) is 0 Å². The number of halogens is 1. The van der Waals surface area contributed by atoms with Gasteiger partial charge in [-0.25, -0.2) is 0 Å². The minimum atomic E-state index is 0.705. The number of piperidine rings is 1. The predicted molar refractivity (Wildman–Crippen MR) is 79.9 cm³/mol. The molecule has 0 aliphatic carbocycles. The van der Waals surface area contributed by atoms with Crippen LogP contribution in [0.25, 0.3) is 0 Å². The van der Waals surface area contributed by atoms with E-state index in [0.29, 0.717) is 12.1 Å². The first-order valence-electron chi connectivity index (χ1n) is 6.93. The maximum absolute atomic E-state index is 5.86. The van der Waals surface area contributed by atoms with Crippen LogP contribution in [0, 0.1) is 12.8 Å². The third kappa shape index (κ3) is 2.08. The van der Waals surface area contributed by atoms with Gasteiger partial charge in [-0.2, -0.15) is 0 Å². The molecule has 2 fully saturated rings. The number of nitrogens with two attached hydrogens (primary N) is 1. The molecule has 0 spiro atoms. The van der Waals surface area contributed by atoms with Crippen molar-refractivity contribution in [1.29, 1.82) is 0 Å². The van der Waals surface area contributed by atoms with Gasteiger partial charge < -0.3 is 10.6 Å². The fourth-order valence-electron chi connectivity index (χ4n) is 3.70. The van der Waals surface area contributed by atoms with Crippen molar-refractivity contribution in [3.05, 3.63) is 28.2 Å². The molecule has 0 saturated carbocycles. The van der Waals surface area contributed by atoms with Gasteiger partial charge in [-0.3, -0.25) is 0 Å². The molecule has 2 atom stereocenters. The maximum atomic E-state index is 5.86. The van der Waals surface area contributed by atoms with Crippen molar-refractivity contribution in [2.75, 3.05) is 11.4 Å². The van der Waals surface area contributed by atoms with Crippen molar-refractivity contribution in [3.8, 4) is 0 Å². The molecule has 2 heterocycles. The average molecular weight is 309 g/mol. The monoisotopic (exact) mass is 308 g/mol. The Kier molecular flexibility index (Phi) is 3.37. The van der Waals surface area contributed by atoms with Gasteiger partial charge in [0, 0.05) is 16.6 Å². The molecule has 2 saturated heterocycles. The lowest BCUT2D eigenvalue weighted by Gasteiger charge is -2.41. The van der Waals surface area contributed by atoms with Gasteiger partial charge in [0.2, 0.25) is 0 Å². The van der Waals surface area contributed by atoms with Crippen LogP contribution < -0.4 is 10.6 Å². The number of rotatable bonds is 2. The Morgan fingerprint density at radius 2 is 1.94 bits per heavy atom. The molecule has 0 aromatic heterocycles. The van der Waals surface area contributed by atoms with Crippen molar-refractivity contribution < 1.29 is 0 Å². The quantitative estimate of drug-likeness (QED) is 0.906. The first-order valence-corrected chi connectivity index (χ1v) is 7.73. The fourth-order valence-corrected chi connectivity index (χ4v) is 4.39. The lowest BCUT2D eigenvalue weighted by molar-refractivity contribution is 0.346. The minimum absolute atomic E-state index is 0.705. The van der Waals surface area contributed by atoms with E-state index in [0.717, 1.165) is 12.5 Å². The summed E-state index contributed by atoms with van der Waals surface area (Å²) in [6.45, 7) is 3.00. The summed E-state index contributed by atoms with van der Waals surface area (Å²) in [5.74, 6) is 0.739. The topological polar surface area (TPSA) is 29.3 Å². The summed E-state index contributed by atoms with van der Waals surface area (Å²) >= 11 is 3.73. The normalized spacial score (nSPS) is 30.8. The molecule has 2 nitrogen and oxygen atoms in total. The molecule has 18 heavy (non-hydrogen) atoms. The van der Waals surface area contributed by atoms with Crippen LogP contribution >= 0.6 is 15.9 Å². The van der Waals surface area contributed by atoms with E-state index in [9.17, 15) is 0 Å². The molecule has 2 aliphatic heterocycles. The molecule has 3 rings (SSSR count). The second kappa shape index (κ2) is 4.86. The van der Waals surface area contributed by atoms with Gasteiger partial charge in [0.1, 0.15) is 0 Å². The first-order chi connectivity index (χ1) is 8.69. The van der Waals surface area contributed by atoms with Crippen LogP contribution in [-0.2, 0) is 0 Å². The van der Waals surface area contributed by atoms with Crippen molar-refractivity contribution in [3.63, 3.8) is 0 Å². The number of fused-ring (bicyclic) bond motifs is 2. The second-order valence-corrected chi connectivity index (χ2v) is 6.67. The molecule has 98 valence electrons. The summed E-state index contributed by atoms with van der Waals surface area (Å²) in [6, 6.07) is 8.12. The Balaban J connectivity index is 1.89. The zero-order chi connectivity index (χ0) is 12.7. The highest BCUT2D eigenvalue weighted by Gasteiger charge is 2.40. The summed E-state index contributed by atoms with van der Waals surface area (Å²) in [6.07, 6.45) is 5.21. The number of nitrogens with zero attached hydrogens (tertiary/aromatic N) is 1. The zero-order valence-electron chi connectivity index (χ0n) is 10.9. The van der Waals surface area contributed by atoms with Gasteiger partial charge in [0.25, 0.3) is 0 Å². The van der Waals surface area contributed by atoms with E-state index in [1.807, 2.05) is 0 Å². The van der Waals surface area contributed by atoms with Gasteiger partial charge in [-0.15, -0.1) is 0 Å². The molecule has 2 N–H and O–H groups in total. The highest BCUT2D eigenvalue weighted by Crippen LogP contribution is 2.43. The molecule has 3 heteroatoms. The molecular weight excluding hydrogens is 288 g/mol. The Morgan fingerprint density at radius 3 is 2.50 bits per heavy atom. The Labute approximate surface area is 118 Å². The van der Waals surface area contributed by atoms with Crippen molar-refractivity contribution in [2.24, 2.45) is 11.7 Å². The molecule has 2 aliphatic rings. The number of anilines is 1. The van der Waals surface area contributed by atoms with E-state index in [1.54, 1.807) is 0 Å². The second-order valence-electron chi connectivity index (χ2n) is 5.82. The summed E-state index contributed by atoms with van der Waals surface area (Å²) in [7, 11) is 0. The minimum Gasteiger partial charge on any atom is -0.365 e. The molecule has 2 bridgehead atoms. The third-order valence-electron chi connectivity index (χ3n) is 4.55. The standard InChI is InChI=1S/C15H21BrN2/c1-10-2-5-15(14(16)6-10)18-12-3-4-13(18)8-11(7-12)9-17/h2,5-6,11-13H,3-4,7-9,17H2,1H3. The molecule has 1 aromatic carbocycles. The third-order valence-corrected chi connectivity index (χ3v) is 5.18. The van der Waals surface area contributed by atoms with E-state index < -0.39 is 0 Å². The van der Waals surface area contributed by atoms with Crippen LogP contribution in [0.4, 0.5) is 5.69 Å². The summed E-state index contributed by atoms with van der Waals surface area (Å²) in [5.41, 5.74) is 8.55. The van der Waals surface area contributed by atoms with Gasteiger partial charge >= 0.3 is 0 Å². The van der Waals surface area contributed by atoms with Gasteiger partial charge in [-0.1, -0.05) is 6.07 Å². The fraction of sp³-hybridized carbons (Fsp3) is 0.600. The predicted octanol–water partition coefficient (Wildman–Crippen LogP) is 3.46.